The highest BCUT2D eigenvalue weighted by Gasteiger charge is 2.25. The summed E-state index contributed by atoms with van der Waals surface area (Å²) in [4.78, 5) is 13.6. The summed E-state index contributed by atoms with van der Waals surface area (Å²) in [5, 5.41) is 1.15. The maximum Gasteiger partial charge on any atom is 0.240 e. The van der Waals surface area contributed by atoms with E-state index in [4.69, 9.17) is 5.84 Å². The van der Waals surface area contributed by atoms with E-state index in [9.17, 15) is 0 Å². The lowest BCUT2D eigenvalue weighted by atomic mass is 9.92. The molecule has 1 saturated carbocycles. The van der Waals surface area contributed by atoms with E-state index >= 15 is 0 Å². The Morgan fingerprint density at radius 3 is 2.84 bits per heavy atom. The lowest BCUT2D eigenvalue weighted by Crippen LogP contribution is -2.37. The highest BCUT2D eigenvalue weighted by atomic mass is 32.1. The molecule has 0 spiro atoms. The zero-order valence-corrected chi connectivity index (χ0v) is 12.1. The number of nitrogens with zero attached hydrogens (tertiary/aromatic N) is 3. The van der Waals surface area contributed by atoms with Crippen LogP contribution in [0, 0.1) is 0 Å². The fourth-order valence-electron chi connectivity index (χ4n) is 2.41. The molecule has 0 aliphatic heterocycles. The quantitative estimate of drug-likeness (QED) is 0.664. The van der Waals surface area contributed by atoms with Crippen molar-refractivity contribution in [2.45, 2.75) is 38.6 Å². The highest BCUT2D eigenvalue weighted by molar-refractivity contribution is 7.18. The van der Waals surface area contributed by atoms with Gasteiger partial charge in [0.2, 0.25) is 5.95 Å². The van der Waals surface area contributed by atoms with E-state index < -0.39 is 0 Å². The molecule has 0 amide bonds. The zero-order valence-electron chi connectivity index (χ0n) is 11.3. The highest BCUT2D eigenvalue weighted by Crippen LogP contribution is 2.35. The average molecular weight is 277 g/mol. The predicted octanol–water partition coefficient (Wildman–Crippen LogP) is 2.53. The van der Waals surface area contributed by atoms with E-state index in [2.05, 4.69) is 40.3 Å². The first-order chi connectivity index (χ1) is 9.22. The minimum Gasteiger partial charge on any atom is -0.356 e. The van der Waals surface area contributed by atoms with Gasteiger partial charge in [0.15, 0.2) is 0 Å². The number of hydrogen-bond donors (Lipinski definition) is 2. The van der Waals surface area contributed by atoms with Crippen molar-refractivity contribution in [3.63, 3.8) is 0 Å². The topological polar surface area (TPSA) is 67.1 Å². The SMILES string of the molecule is CCc1cc2c(N(C)C3CCC3)nc(NN)nc2s1. The van der Waals surface area contributed by atoms with E-state index in [1.807, 2.05) is 0 Å². The first-order valence-corrected chi connectivity index (χ1v) is 7.54. The van der Waals surface area contributed by atoms with E-state index in [1.54, 1.807) is 11.3 Å². The second kappa shape index (κ2) is 4.94. The van der Waals surface area contributed by atoms with Crippen LogP contribution in [-0.2, 0) is 6.42 Å². The molecule has 2 aromatic heterocycles. The lowest BCUT2D eigenvalue weighted by Gasteiger charge is -2.35. The Morgan fingerprint density at radius 2 is 2.26 bits per heavy atom. The number of nitrogens with two attached hydrogens (primary N) is 1. The standard InChI is InChI=1S/C13H19N5S/c1-3-9-7-10-11(18(2)8-5-4-6-8)15-13(17-14)16-12(10)19-9/h7-8H,3-6,14H2,1-2H3,(H,15,16,17). The summed E-state index contributed by atoms with van der Waals surface area (Å²) in [5.41, 5.74) is 2.57. The van der Waals surface area contributed by atoms with Crippen molar-refractivity contribution < 1.29 is 0 Å². The van der Waals surface area contributed by atoms with Gasteiger partial charge in [0.05, 0.1) is 5.39 Å². The molecule has 3 rings (SSSR count). The van der Waals surface area contributed by atoms with Crippen molar-refractivity contribution in [1.82, 2.24) is 9.97 Å². The minimum absolute atomic E-state index is 0.498. The number of aromatic nitrogens is 2. The number of thiophene rings is 1. The van der Waals surface area contributed by atoms with E-state index in [1.165, 1.54) is 24.1 Å². The van der Waals surface area contributed by atoms with Gasteiger partial charge in [-0.3, -0.25) is 5.43 Å². The molecular formula is C13H19N5S. The van der Waals surface area contributed by atoms with Gasteiger partial charge < -0.3 is 4.90 Å². The smallest absolute Gasteiger partial charge is 0.240 e. The monoisotopic (exact) mass is 277 g/mol. The summed E-state index contributed by atoms with van der Waals surface area (Å²) in [7, 11) is 2.12. The van der Waals surface area contributed by atoms with Crippen LogP contribution in [0.25, 0.3) is 10.2 Å². The Hall–Kier alpha value is -1.40. The molecule has 2 aromatic rings. The molecule has 0 saturated heterocycles. The fourth-order valence-corrected chi connectivity index (χ4v) is 3.37. The molecule has 2 heterocycles. The Kier molecular flexibility index (Phi) is 3.28. The number of anilines is 2. The maximum absolute atomic E-state index is 5.48. The number of aryl methyl sites for hydroxylation is 1. The van der Waals surface area contributed by atoms with Gasteiger partial charge in [0.25, 0.3) is 0 Å². The number of hydrogen-bond acceptors (Lipinski definition) is 6. The van der Waals surface area contributed by atoms with Gasteiger partial charge >= 0.3 is 0 Å². The second-order valence-corrected chi connectivity index (χ2v) is 6.11. The second-order valence-electron chi connectivity index (χ2n) is 5.00. The molecule has 0 atom stereocenters. The molecule has 3 N–H and O–H groups in total. The van der Waals surface area contributed by atoms with Gasteiger partial charge in [-0.15, -0.1) is 11.3 Å². The Balaban J connectivity index is 2.10. The van der Waals surface area contributed by atoms with E-state index in [0.29, 0.717) is 12.0 Å². The van der Waals surface area contributed by atoms with E-state index in [-0.39, 0.29) is 0 Å². The van der Waals surface area contributed by atoms with E-state index in [0.717, 1.165) is 22.5 Å². The summed E-state index contributed by atoms with van der Waals surface area (Å²) in [6.45, 7) is 2.16. The van der Waals surface area contributed by atoms with Crippen LogP contribution in [0.4, 0.5) is 11.8 Å². The largest absolute Gasteiger partial charge is 0.356 e. The molecular weight excluding hydrogens is 258 g/mol. The first kappa shape index (κ1) is 12.6. The molecule has 0 radical (unpaired) electrons. The van der Waals surface area contributed by atoms with Crippen molar-refractivity contribution in [1.29, 1.82) is 0 Å². The normalized spacial score (nSPS) is 15.5. The first-order valence-electron chi connectivity index (χ1n) is 6.72. The Morgan fingerprint density at radius 1 is 1.47 bits per heavy atom. The zero-order chi connectivity index (χ0) is 13.4. The van der Waals surface area contributed by atoms with Crippen molar-refractivity contribution in [2.75, 3.05) is 17.4 Å². The van der Waals surface area contributed by atoms with Gasteiger partial charge in [-0.05, 0) is 31.7 Å². The van der Waals surface area contributed by atoms with Crippen LogP contribution in [-0.4, -0.2) is 23.1 Å². The molecule has 0 unspecified atom stereocenters. The summed E-state index contributed by atoms with van der Waals surface area (Å²) < 4.78 is 0. The van der Waals surface area contributed by atoms with Crippen molar-refractivity contribution in [3.8, 4) is 0 Å². The third kappa shape index (κ3) is 2.15. The molecule has 102 valence electrons. The maximum atomic E-state index is 5.48. The number of nitrogens with one attached hydrogen (secondary N) is 1. The van der Waals surface area contributed by atoms with Crippen LogP contribution in [0.2, 0.25) is 0 Å². The number of rotatable bonds is 4. The fraction of sp³-hybridized carbons (Fsp3) is 0.538. The molecule has 0 bridgehead atoms. The molecule has 6 heteroatoms. The van der Waals surface area contributed by atoms with Gasteiger partial charge in [-0.2, -0.15) is 4.98 Å². The third-order valence-corrected chi connectivity index (χ3v) is 5.03. The van der Waals surface area contributed by atoms with Crippen LogP contribution in [0.5, 0.6) is 0 Å². The molecule has 1 aliphatic rings. The molecule has 1 fully saturated rings. The van der Waals surface area contributed by atoms with Gasteiger partial charge in [-0.1, -0.05) is 6.92 Å². The third-order valence-electron chi connectivity index (χ3n) is 3.86. The molecule has 0 aromatic carbocycles. The number of fused-ring (bicyclic) bond motifs is 1. The van der Waals surface area contributed by atoms with Crippen LogP contribution in [0.1, 0.15) is 31.1 Å². The molecule has 19 heavy (non-hydrogen) atoms. The average Bonchev–Trinajstić information content (AvgIpc) is 2.77. The number of nitrogen functional groups attached to an aromatic ring is 1. The van der Waals surface area contributed by atoms with Crippen LogP contribution in [0.3, 0.4) is 0 Å². The number of hydrazine groups is 1. The van der Waals surface area contributed by atoms with Crippen LogP contribution in [0.15, 0.2) is 6.07 Å². The van der Waals surface area contributed by atoms with Gasteiger partial charge in [0.1, 0.15) is 10.6 Å². The van der Waals surface area contributed by atoms with Gasteiger partial charge in [-0.25, -0.2) is 10.8 Å². The lowest BCUT2D eigenvalue weighted by molar-refractivity contribution is 0.400. The van der Waals surface area contributed by atoms with Crippen LogP contribution >= 0.6 is 11.3 Å². The Bertz CT molecular complexity index is 590. The Labute approximate surface area is 116 Å². The van der Waals surface area contributed by atoms with Crippen molar-refractivity contribution in [3.05, 3.63) is 10.9 Å². The molecule has 5 nitrogen and oxygen atoms in total. The summed E-state index contributed by atoms with van der Waals surface area (Å²) >= 11 is 1.72. The summed E-state index contributed by atoms with van der Waals surface area (Å²) in [5.74, 6) is 6.98. The van der Waals surface area contributed by atoms with Crippen molar-refractivity contribution >= 4 is 33.3 Å². The summed E-state index contributed by atoms with van der Waals surface area (Å²) in [6, 6.07) is 2.82. The predicted molar refractivity (Wildman–Crippen MR) is 80.6 cm³/mol. The van der Waals surface area contributed by atoms with Gasteiger partial charge in [0, 0.05) is 18.0 Å². The minimum atomic E-state index is 0.498. The summed E-state index contributed by atoms with van der Waals surface area (Å²) in [6.07, 6.45) is 4.84. The van der Waals surface area contributed by atoms with Crippen LogP contribution < -0.4 is 16.2 Å². The van der Waals surface area contributed by atoms with Crippen molar-refractivity contribution in [2.24, 2.45) is 5.84 Å². The molecule has 1 aliphatic carbocycles.